The summed E-state index contributed by atoms with van der Waals surface area (Å²) >= 11 is 0. The van der Waals surface area contributed by atoms with Crippen molar-refractivity contribution >= 4 is 23.2 Å². The van der Waals surface area contributed by atoms with Crippen molar-refractivity contribution in [2.45, 2.75) is 33.3 Å². The lowest BCUT2D eigenvalue weighted by Gasteiger charge is -2.38. The molecule has 0 spiro atoms. The van der Waals surface area contributed by atoms with E-state index in [0.717, 1.165) is 18.2 Å². The molecule has 0 amide bonds. The molecule has 1 aliphatic rings. The number of carboxylic acids is 1. The molecule has 0 bridgehead atoms. The van der Waals surface area contributed by atoms with Gasteiger partial charge in [-0.15, -0.1) is 4.91 Å². The van der Waals surface area contributed by atoms with Gasteiger partial charge < -0.3 is 20.1 Å². The number of ether oxygens (including phenoxy) is 1. The summed E-state index contributed by atoms with van der Waals surface area (Å²) in [4.78, 5) is 48.8. The van der Waals surface area contributed by atoms with Crippen molar-refractivity contribution in [2.75, 3.05) is 0 Å². The minimum Gasteiger partial charge on any atom is -0.504 e. The van der Waals surface area contributed by atoms with Crippen molar-refractivity contribution in [2.24, 2.45) is 10.6 Å². The Kier molecular flexibility index (Phi) is 4.65. The number of aromatic hydroxyl groups is 2. The number of carbonyl (C=O) groups excluding carboxylic acids is 2. The largest absolute Gasteiger partial charge is 0.504 e. The standard InChI is InChI=1S/C21H19NO8/c1-20(2,19(27)28)21(3,4)30-16-8-12-9(5-13(16)22-29)17(25)10-6-14(23)15(24)7-11(10)18(12)26/h5-8,23-24H,1-4H3,(H,27,28). The van der Waals surface area contributed by atoms with Crippen LogP contribution in [0, 0.1) is 10.3 Å². The Bertz CT molecular complexity index is 1130. The summed E-state index contributed by atoms with van der Waals surface area (Å²) in [6, 6.07) is 4.22. The highest BCUT2D eigenvalue weighted by atomic mass is 16.5. The van der Waals surface area contributed by atoms with Crippen LogP contribution in [0.25, 0.3) is 0 Å². The van der Waals surface area contributed by atoms with Crippen molar-refractivity contribution in [3.8, 4) is 17.2 Å². The zero-order valence-corrected chi connectivity index (χ0v) is 16.6. The molecule has 2 aromatic carbocycles. The molecule has 30 heavy (non-hydrogen) atoms. The van der Waals surface area contributed by atoms with Gasteiger partial charge in [-0.05, 0) is 57.1 Å². The maximum Gasteiger partial charge on any atom is 0.313 e. The van der Waals surface area contributed by atoms with Crippen molar-refractivity contribution in [3.05, 3.63) is 51.4 Å². The fraction of sp³-hybridized carbons (Fsp3) is 0.286. The molecule has 1 aliphatic carbocycles. The molecular formula is C21H19NO8. The van der Waals surface area contributed by atoms with Gasteiger partial charge in [0, 0.05) is 22.3 Å². The third kappa shape index (κ3) is 2.99. The Morgan fingerprint density at radius 3 is 1.73 bits per heavy atom. The molecule has 2 aromatic rings. The number of rotatable bonds is 5. The molecule has 9 heteroatoms. The van der Waals surface area contributed by atoms with Crippen LogP contribution in [0.1, 0.15) is 59.5 Å². The van der Waals surface area contributed by atoms with Gasteiger partial charge in [0.1, 0.15) is 16.8 Å². The molecule has 0 radical (unpaired) electrons. The Balaban J connectivity index is 2.16. The summed E-state index contributed by atoms with van der Waals surface area (Å²) in [5.41, 5.74) is -3.43. The molecular weight excluding hydrogens is 394 g/mol. The van der Waals surface area contributed by atoms with E-state index in [1.54, 1.807) is 0 Å². The summed E-state index contributed by atoms with van der Waals surface area (Å²) in [6.07, 6.45) is 0. The van der Waals surface area contributed by atoms with Gasteiger partial charge in [0.05, 0.1) is 0 Å². The first-order chi connectivity index (χ1) is 13.8. The molecule has 156 valence electrons. The normalized spacial score (nSPS) is 13.5. The van der Waals surface area contributed by atoms with E-state index in [4.69, 9.17) is 4.74 Å². The first-order valence-corrected chi connectivity index (χ1v) is 8.91. The Morgan fingerprint density at radius 2 is 1.30 bits per heavy atom. The first-order valence-electron chi connectivity index (χ1n) is 8.91. The summed E-state index contributed by atoms with van der Waals surface area (Å²) in [7, 11) is 0. The quantitative estimate of drug-likeness (QED) is 0.424. The zero-order chi connectivity index (χ0) is 22.6. The van der Waals surface area contributed by atoms with Crippen LogP contribution >= 0.6 is 0 Å². The van der Waals surface area contributed by atoms with E-state index >= 15 is 0 Å². The zero-order valence-electron chi connectivity index (χ0n) is 16.6. The summed E-state index contributed by atoms with van der Waals surface area (Å²) in [6.45, 7) is 5.92. The first kappa shape index (κ1) is 21.0. The number of fused-ring (bicyclic) bond motifs is 2. The fourth-order valence-electron chi connectivity index (χ4n) is 3.00. The van der Waals surface area contributed by atoms with Gasteiger partial charge in [-0.1, -0.05) is 0 Å². The van der Waals surface area contributed by atoms with E-state index in [9.17, 15) is 34.6 Å². The van der Waals surface area contributed by atoms with Crippen molar-refractivity contribution in [1.29, 1.82) is 0 Å². The number of benzene rings is 2. The highest BCUT2D eigenvalue weighted by Crippen LogP contribution is 2.42. The molecule has 0 heterocycles. The number of phenols is 2. The van der Waals surface area contributed by atoms with Crippen LogP contribution in [0.15, 0.2) is 29.4 Å². The molecule has 0 unspecified atom stereocenters. The van der Waals surface area contributed by atoms with Crippen molar-refractivity contribution in [1.82, 2.24) is 0 Å². The number of nitrogens with zero attached hydrogens (tertiary/aromatic N) is 1. The molecule has 0 fully saturated rings. The molecule has 3 rings (SSSR count). The lowest BCUT2D eigenvalue weighted by molar-refractivity contribution is -0.158. The highest BCUT2D eigenvalue weighted by molar-refractivity contribution is 6.29. The van der Waals surface area contributed by atoms with Crippen LogP contribution in [-0.4, -0.2) is 38.5 Å². The van der Waals surface area contributed by atoms with Crippen LogP contribution in [-0.2, 0) is 4.79 Å². The van der Waals surface area contributed by atoms with E-state index in [1.165, 1.54) is 33.8 Å². The average Bonchev–Trinajstić information content (AvgIpc) is 2.66. The van der Waals surface area contributed by atoms with Gasteiger partial charge in [0.2, 0.25) is 0 Å². The summed E-state index contributed by atoms with van der Waals surface area (Å²) < 4.78 is 5.80. The Morgan fingerprint density at radius 1 is 0.867 bits per heavy atom. The maximum absolute atomic E-state index is 12.9. The van der Waals surface area contributed by atoms with E-state index in [0.29, 0.717) is 0 Å². The second-order valence-corrected chi connectivity index (χ2v) is 8.04. The van der Waals surface area contributed by atoms with Crippen LogP contribution < -0.4 is 4.74 Å². The number of phenolic OH excluding ortho intramolecular Hbond substituents is 2. The number of aliphatic carboxylic acids is 1. The third-order valence-corrected chi connectivity index (χ3v) is 5.70. The number of ketones is 2. The van der Waals surface area contributed by atoms with Crippen LogP contribution in [0.4, 0.5) is 5.69 Å². The Hall–Kier alpha value is -3.75. The predicted octanol–water partition coefficient (Wildman–Crippen LogP) is 3.54. The van der Waals surface area contributed by atoms with Gasteiger partial charge in [0.15, 0.2) is 28.8 Å². The molecule has 0 aromatic heterocycles. The summed E-state index contributed by atoms with van der Waals surface area (Å²) in [5.74, 6) is -3.70. The SMILES string of the molecule is CC(C)(Oc1cc2c(cc1N=O)C(=O)c1cc(O)c(O)cc1C2=O)C(C)(C)C(=O)O. The monoisotopic (exact) mass is 413 g/mol. The van der Waals surface area contributed by atoms with Gasteiger partial charge in [0.25, 0.3) is 0 Å². The van der Waals surface area contributed by atoms with E-state index in [-0.39, 0.29) is 33.7 Å². The second kappa shape index (κ2) is 6.65. The minimum absolute atomic E-state index is 0.0936. The van der Waals surface area contributed by atoms with Crippen LogP contribution in [0.3, 0.4) is 0 Å². The average molecular weight is 413 g/mol. The van der Waals surface area contributed by atoms with Crippen LogP contribution in [0.2, 0.25) is 0 Å². The number of carbonyl (C=O) groups is 3. The molecule has 9 nitrogen and oxygen atoms in total. The van der Waals surface area contributed by atoms with Gasteiger partial charge in [-0.2, -0.15) is 0 Å². The molecule has 0 aliphatic heterocycles. The predicted molar refractivity (Wildman–Crippen MR) is 105 cm³/mol. The van der Waals surface area contributed by atoms with E-state index in [1.807, 2.05) is 0 Å². The molecule has 0 atom stereocenters. The molecule has 0 saturated carbocycles. The van der Waals surface area contributed by atoms with Gasteiger partial charge in [-0.25, -0.2) is 0 Å². The van der Waals surface area contributed by atoms with E-state index < -0.39 is 40.1 Å². The third-order valence-electron chi connectivity index (χ3n) is 5.70. The maximum atomic E-state index is 12.9. The van der Waals surface area contributed by atoms with Gasteiger partial charge in [-0.3, -0.25) is 14.4 Å². The second-order valence-electron chi connectivity index (χ2n) is 8.04. The Labute approximate surface area is 170 Å². The number of nitroso groups, excluding NO2 is 1. The van der Waals surface area contributed by atoms with Crippen molar-refractivity contribution < 1.29 is 34.4 Å². The van der Waals surface area contributed by atoms with E-state index in [2.05, 4.69) is 5.18 Å². The lowest BCUT2D eigenvalue weighted by atomic mass is 9.77. The summed E-state index contributed by atoms with van der Waals surface area (Å²) in [5, 5.41) is 31.7. The molecule has 3 N–H and O–H groups in total. The smallest absolute Gasteiger partial charge is 0.313 e. The number of carboxylic acid groups (broad SMARTS) is 1. The number of hydrogen-bond acceptors (Lipinski definition) is 8. The fourth-order valence-corrected chi connectivity index (χ4v) is 3.00. The topological polar surface area (TPSA) is 151 Å². The minimum atomic E-state index is -1.38. The highest BCUT2D eigenvalue weighted by Gasteiger charge is 2.46. The van der Waals surface area contributed by atoms with Crippen molar-refractivity contribution in [3.63, 3.8) is 0 Å². The number of hydrogen-bond donors (Lipinski definition) is 3. The van der Waals surface area contributed by atoms with Gasteiger partial charge >= 0.3 is 5.97 Å². The lowest BCUT2D eigenvalue weighted by Crippen LogP contribution is -2.49. The molecule has 0 saturated heterocycles. The van der Waals surface area contributed by atoms with Crippen LogP contribution in [0.5, 0.6) is 17.2 Å².